The Morgan fingerprint density at radius 2 is 2.05 bits per heavy atom. The van der Waals surface area contributed by atoms with E-state index in [0.717, 1.165) is 40.1 Å². The van der Waals surface area contributed by atoms with Gasteiger partial charge in [0.1, 0.15) is 5.75 Å². The largest absolute Gasteiger partial charge is 0.494 e. The fraction of sp³-hybridized carbons (Fsp3) is 0.345. The second-order valence-electron chi connectivity index (χ2n) is 10.0. The molecule has 210 valence electrons. The summed E-state index contributed by atoms with van der Waals surface area (Å²) in [5.74, 6) is 0.968. The molecular weight excluding hydrogens is 510 g/mol. The third-order valence-electron chi connectivity index (χ3n) is 7.24. The SMILES string of the molecule is COc1cc(N(C)CCN(C(=O)O)C(C)C)c(N)cc1Nc1nccc(-c2c3n(c4ccccc24)CCOC3)n1. The molecule has 40 heavy (non-hydrogen) atoms. The van der Waals surface area contributed by atoms with Crippen molar-refractivity contribution in [3.63, 3.8) is 0 Å². The predicted octanol–water partition coefficient (Wildman–Crippen LogP) is 4.79. The van der Waals surface area contributed by atoms with Gasteiger partial charge in [0.05, 0.1) is 48.8 Å². The summed E-state index contributed by atoms with van der Waals surface area (Å²) in [5.41, 5.74) is 12.4. The van der Waals surface area contributed by atoms with Crippen LogP contribution in [-0.2, 0) is 17.9 Å². The van der Waals surface area contributed by atoms with E-state index >= 15 is 0 Å². The standard InChI is InChI=1S/C29H35N7O4/c1-18(2)35(29(37)38)12-11-34(3)24-16-26(39-4)22(15-20(24)30)33-28-31-10-9-21(32-28)27-19-7-5-6-8-23(19)36-13-14-40-17-25(27)36/h5-10,15-16,18H,11-14,17,30H2,1-4H3,(H,37,38)(H,31,32,33). The molecule has 1 aliphatic heterocycles. The number of nitrogens with zero attached hydrogens (tertiary/aromatic N) is 5. The minimum absolute atomic E-state index is 0.122. The number of nitrogens with two attached hydrogens (primary N) is 1. The number of carboxylic acid groups (broad SMARTS) is 1. The lowest BCUT2D eigenvalue weighted by Crippen LogP contribution is -2.41. The molecule has 0 aliphatic carbocycles. The zero-order chi connectivity index (χ0) is 28.4. The van der Waals surface area contributed by atoms with Crippen LogP contribution in [0.4, 0.5) is 27.8 Å². The average molecular weight is 546 g/mol. The van der Waals surface area contributed by atoms with Gasteiger partial charge in [-0.05, 0) is 32.0 Å². The summed E-state index contributed by atoms with van der Waals surface area (Å²) in [4.78, 5) is 24.2. The Morgan fingerprint density at radius 1 is 1.25 bits per heavy atom. The lowest BCUT2D eigenvalue weighted by Gasteiger charge is -2.28. The fourth-order valence-electron chi connectivity index (χ4n) is 5.19. The van der Waals surface area contributed by atoms with Gasteiger partial charge < -0.3 is 40.0 Å². The van der Waals surface area contributed by atoms with Crippen LogP contribution in [0.5, 0.6) is 5.75 Å². The number of anilines is 4. The summed E-state index contributed by atoms with van der Waals surface area (Å²) in [5, 5.41) is 13.9. The molecule has 0 bridgehead atoms. The number of methoxy groups -OCH3 is 1. The van der Waals surface area contributed by atoms with E-state index in [1.165, 1.54) is 4.90 Å². The Hall–Kier alpha value is -4.51. The summed E-state index contributed by atoms with van der Waals surface area (Å²) >= 11 is 0. The molecular formula is C29H35N7O4. The first kappa shape index (κ1) is 27.1. The Bertz CT molecular complexity index is 1530. The van der Waals surface area contributed by atoms with Crippen molar-refractivity contribution in [1.29, 1.82) is 0 Å². The van der Waals surface area contributed by atoms with Crippen molar-refractivity contribution >= 4 is 40.0 Å². The van der Waals surface area contributed by atoms with Crippen LogP contribution in [0.15, 0.2) is 48.7 Å². The van der Waals surface area contributed by atoms with Gasteiger partial charge in [-0.3, -0.25) is 0 Å². The minimum Gasteiger partial charge on any atom is -0.494 e. The van der Waals surface area contributed by atoms with E-state index in [-0.39, 0.29) is 6.04 Å². The van der Waals surface area contributed by atoms with E-state index in [4.69, 9.17) is 20.2 Å². The van der Waals surface area contributed by atoms with Gasteiger partial charge in [-0.2, -0.15) is 0 Å². The molecule has 2 aromatic heterocycles. The first-order valence-corrected chi connectivity index (χ1v) is 13.2. The van der Waals surface area contributed by atoms with Gasteiger partial charge >= 0.3 is 6.09 Å². The van der Waals surface area contributed by atoms with E-state index < -0.39 is 6.09 Å². The van der Waals surface area contributed by atoms with Crippen LogP contribution in [-0.4, -0.2) is 70.5 Å². The molecule has 3 heterocycles. The van der Waals surface area contributed by atoms with E-state index in [9.17, 15) is 9.90 Å². The number of carbonyl (C=O) groups is 1. The zero-order valence-corrected chi connectivity index (χ0v) is 23.2. The minimum atomic E-state index is -0.947. The number of ether oxygens (including phenoxy) is 2. The number of benzene rings is 2. The van der Waals surface area contributed by atoms with E-state index in [1.807, 2.05) is 50.1 Å². The van der Waals surface area contributed by atoms with Crippen molar-refractivity contribution in [1.82, 2.24) is 19.4 Å². The number of aromatic nitrogens is 3. The maximum atomic E-state index is 11.5. The van der Waals surface area contributed by atoms with Crippen LogP contribution in [0.25, 0.3) is 22.2 Å². The first-order valence-electron chi connectivity index (χ1n) is 13.2. The zero-order valence-electron chi connectivity index (χ0n) is 23.2. The molecule has 4 N–H and O–H groups in total. The quantitative estimate of drug-likeness (QED) is 0.254. The molecule has 0 fully saturated rings. The molecule has 0 saturated heterocycles. The Kier molecular flexibility index (Phi) is 7.65. The molecule has 1 aliphatic rings. The van der Waals surface area contributed by atoms with Gasteiger partial charge in [0.25, 0.3) is 0 Å². The number of fused-ring (bicyclic) bond motifs is 3. The molecule has 0 atom stereocenters. The number of amides is 1. The smallest absolute Gasteiger partial charge is 0.407 e. The molecule has 1 amide bonds. The number of likely N-dealkylation sites (N-methyl/N-ethyl adjacent to an activating group) is 1. The number of hydrogen-bond acceptors (Lipinski definition) is 8. The lowest BCUT2D eigenvalue weighted by molar-refractivity contribution is 0.0869. The maximum Gasteiger partial charge on any atom is 0.407 e. The number of nitrogens with one attached hydrogen (secondary N) is 1. The Morgan fingerprint density at radius 3 is 2.80 bits per heavy atom. The van der Waals surface area contributed by atoms with Gasteiger partial charge in [0, 0.05) is 61.5 Å². The van der Waals surface area contributed by atoms with Gasteiger partial charge in [-0.25, -0.2) is 14.8 Å². The molecule has 2 aromatic carbocycles. The van der Waals surface area contributed by atoms with E-state index in [1.54, 1.807) is 19.4 Å². The topological polar surface area (TPSA) is 131 Å². The van der Waals surface area contributed by atoms with Crippen molar-refractivity contribution in [3.05, 3.63) is 54.4 Å². The summed E-state index contributed by atoms with van der Waals surface area (Å²) in [6.45, 7) is 6.52. The number of para-hydroxylation sites is 1. The highest BCUT2D eigenvalue weighted by Gasteiger charge is 2.23. The van der Waals surface area contributed by atoms with Gasteiger partial charge in [-0.15, -0.1) is 0 Å². The summed E-state index contributed by atoms with van der Waals surface area (Å²) in [6, 6.07) is 13.7. The molecule has 0 saturated carbocycles. The number of hydrogen-bond donors (Lipinski definition) is 3. The second-order valence-corrected chi connectivity index (χ2v) is 10.0. The number of nitrogen functional groups attached to an aromatic ring is 1. The van der Waals surface area contributed by atoms with Gasteiger partial charge in [0.2, 0.25) is 5.95 Å². The predicted molar refractivity (Wildman–Crippen MR) is 156 cm³/mol. The average Bonchev–Trinajstić information content (AvgIpc) is 3.27. The normalized spacial score (nSPS) is 12.8. The third kappa shape index (κ3) is 5.20. The van der Waals surface area contributed by atoms with Crippen LogP contribution in [0.1, 0.15) is 19.5 Å². The summed E-state index contributed by atoms with van der Waals surface area (Å²) in [6.07, 6.45) is 0.783. The van der Waals surface area contributed by atoms with Gasteiger partial charge in [-0.1, -0.05) is 18.2 Å². The van der Waals surface area contributed by atoms with Crippen LogP contribution >= 0.6 is 0 Å². The van der Waals surface area contributed by atoms with Crippen molar-refractivity contribution in [2.24, 2.45) is 0 Å². The molecule has 0 unspecified atom stereocenters. The van der Waals surface area contributed by atoms with E-state index in [0.29, 0.717) is 49.4 Å². The molecule has 0 spiro atoms. The number of rotatable bonds is 9. The highest BCUT2D eigenvalue weighted by atomic mass is 16.5. The molecule has 0 radical (unpaired) electrons. The molecule has 11 nitrogen and oxygen atoms in total. The Balaban J connectivity index is 1.42. The van der Waals surface area contributed by atoms with Crippen LogP contribution in [0.2, 0.25) is 0 Å². The highest BCUT2D eigenvalue weighted by molar-refractivity contribution is 5.97. The van der Waals surface area contributed by atoms with Crippen LogP contribution in [0.3, 0.4) is 0 Å². The fourth-order valence-corrected chi connectivity index (χ4v) is 5.19. The van der Waals surface area contributed by atoms with Crippen molar-refractivity contribution in [2.75, 3.05) is 49.8 Å². The molecule has 11 heteroatoms. The van der Waals surface area contributed by atoms with Crippen LogP contribution < -0.4 is 20.7 Å². The summed E-state index contributed by atoms with van der Waals surface area (Å²) < 4.78 is 13.8. The lowest BCUT2D eigenvalue weighted by atomic mass is 10.1. The molecule has 4 aromatic rings. The third-order valence-corrected chi connectivity index (χ3v) is 7.24. The van der Waals surface area contributed by atoms with Crippen molar-refractivity contribution in [2.45, 2.75) is 33.0 Å². The van der Waals surface area contributed by atoms with E-state index in [2.05, 4.69) is 27.0 Å². The molecule has 5 rings (SSSR count). The summed E-state index contributed by atoms with van der Waals surface area (Å²) in [7, 11) is 3.46. The highest BCUT2D eigenvalue weighted by Crippen LogP contribution is 2.38. The monoisotopic (exact) mass is 545 g/mol. The van der Waals surface area contributed by atoms with Crippen molar-refractivity contribution in [3.8, 4) is 17.0 Å². The Labute approximate surface area is 233 Å². The maximum absolute atomic E-state index is 11.5. The van der Waals surface area contributed by atoms with Crippen LogP contribution in [0, 0.1) is 0 Å². The van der Waals surface area contributed by atoms with Gasteiger partial charge in [0.15, 0.2) is 0 Å². The van der Waals surface area contributed by atoms with Crippen molar-refractivity contribution < 1.29 is 19.4 Å². The second kappa shape index (κ2) is 11.3. The first-order chi connectivity index (χ1) is 19.3.